The van der Waals surface area contributed by atoms with Crippen LogP contribution in [-0.2, 0) is 6.54 Å². The monoisotopic (exact) mass is 412 g/mol. The van der Waals surface area contributed by atoms with Crippen molar-refractivity contribution in [3.05, 3.63) is 77.0 Å². The Morgan fingerprint density at radius 3 is 2.71 bits per heavy atom. The van der Waals surface area contributed by atoms with Gasteiger partial charge in [-0.2, -0.15) is 11.8 Å². The first kappa shape index (κ1) is 19.1. The van der Waals surface area contributed by atoms with E-state index in [1.54, 1.807) is 18.2 Å². The molecule has 4 rings (SSSR count). The molecular formula is C22H21ClN2O2S. The van der Waals surface area contributed by atoms with Gasteiger partial charge in [-0.3, -0.25) is 9.69 Å². The van der Waals surface area contributed by atoms with Gasteiger partial charge in [0.15, 0.2) is 5.76 Å². The average molecular weight is 413 g/mol. The van der Waals surface area contributed by atoms with E-state index < -0.39 is 0 Å². The van der Waals surface area contributed by atoms with Crippen molar-refractivity contribution < 1.29 is 9.21 Å². The third kappa shape index (κ3) is 4.61. The van der Waals surface area contributed by atoms with E-state index in [0.717, 1.165) is 30.9 Å². The molecule has 1 aliphatic heterocycles. The van der Waals surface area contributed by atoms with Gasteiger partial charge in [0.2, 0.25) is 0 Å². The number of amides is 1. The molecule has 1 aliphatic rings. The van der Waals surface area contributed by atoms with Gasteiger partial charge in [-0.1, -0.05) is 35.9 Å². The number of thioether (sulfide) groups is 1. The summed E-state index contributed by atoms with van der Waals surface area (Å²) in [5.41, 5.74) is 2.73. The first-order chi connectivity index (χ1) is 13.7. The Balaban J connectivity index is 1.44. The van der Waals surface area contributed by atoms with E-state index in [0.29, 0.717) is 10.8 Å². The van der Waals surface area contributed by atoms with Gasteiger partial charge in [-0.15, -0.1) is 0 Å². The van der Waals surface area contributed by atoms with Crippen LogP contribution in [0, 0.1) is 0 Å². The highest BCUT2D eigenvalue weighted by atomic mass is 35.5. The number of hydrogen-bond donors (Lipinski definition) is 1. The van der Waals surface area contributed by atoms with E-state index in [-0.39, 0.29) is 11.7 Å². The van der Waals surface area contributed by atoms with Crippen LogP contribution in [0.25, 0.3) is 11.3 Å². The lowest BCUT2D eigenvalue weighted by atomic mass is 10.2. The Morgan fingerprint density at radius 2 is 1.89 bits per heavy atom. The fraction of sp³-hybridized carbons (Fsp3) is 0.227. The van der Waals surface area contributed by atoms with E-state index in [9.17, 15) is 4.79 Å². The number of nitrogens with zero attached hydrogens (tertiary/aromatic N) is 1. The average Bonchev–Trinajstić information content (AvgIpc) is 3.20. The molecule has 0 saturated carbocycles. The van der Waals surface area contributed by atoms with Crippen molar-refractivity contribution >= 4 is 35.0 Å². The van der Waals surface area contributed by atoms with Crippen LogP contribution < -0.4 is 5.32 Å². The summed E-state index contributed by atoms with van der Waals surface area (Å²) in [4.78, 5) is 15.0. The predicted octanol–water partition coefficient (Wildman–Crippen LogP) is 5.40. The highest BCUT2D eigenvalue weighted by Gasteiger charge is 2.15. The fourth-order valence-electron chi connectivity index (χ4n) is 3.22. The second-order valence-electron chi connectivity index (χ2n) is 6.69. The Morgan fingerprint density at radius 1 is 1.07 bits per heavy atom. The van der Waals surface area contributed by atoms with Crippen LogP contribution in [0.2, 0.25) is 5.02 Å². The number of carbonyl (C=O) groups excluding carboxylic acids is 1. The second kappa shape index (κ2) is 8.86. The smallest absolute Gasteiger partial charge is 0.291 e. The normalized spacial score (nSPS) is 14.8. The van der Waals surface area contributed by atoms with Crippen LogP contribution >= 0.6 is 23.4 Å². The lowest BCUT2D eigenvalue weighted by Gasteiger charge is -2.26. The first-order valence-electron chi connectivity index (χ1n) is 9.24. The number of halogens is 1. The molecule has 144 valence electrons. The fourth-order valence-corrected chi connectivity index (χ4v) is 4.43. The zero-order valence-electron chi connectivity index (χ0n) is 15.4. The number of carbonyl (C=O) groups is 1. The van der Waals surface area contributed by atoms with E-state index >= 15 is 0 Å². The van der Waals surface area contributed by atoms with Gasteiger partial charge < -0.3 is 9.73 Å². The van der Waals surface area contributed by atoms with E-state index in [4.69, 9.17) is 16.0 Å². The van der Waals surface area contributed by atoms with Gasteiger partial charge in [-0.25, -0.2) is 0 Å². The standard InChI is InChI=1S/C22H21ClN2O2S/c23-19-7-2-1-6-18(19)20-8-9-21(27-20)22(26)24-17-5-3-4-16(14-17)15-25-10-12-28-13-11-25/h1-9,14H,10-13,15H2,(H,24,26). The highest BCUT2D eigenvalue weighted by molar-refractivity contribution is 7.99. The maximum absolute atomic E-state index is 12.6. The molecule has 1 saturated heterocycles. The molecule has 6 heteroatoms. The maximum atomic E-state index is 12.6. The summed E-state index contributed by atoms with van der Waals surface area (Å²) >= 11 is 8.21. The minimum Gasteiger partial charge on any atom is -0.451 e. The number of anilines is 1. The van der Waals surface area contributed by atoms with Crippen molar-refractivity contribution in [3.63, 3.8) is 0 Å². The SMILES string of the molecule is O=C(Nc1cccc(CN2CCSCC2)c1)c1ccc(-c2ccccc2Cl)o1. The summed E-state index contributed by atoms with van der Waals surface area (Å²) in [6, 6.07) is 18.8. The third-order valence-corrected chi connectivity index (χ3v) is 5.94. The van der Waals surface area contributed by atoms with Gasteiger partial charge in [0.1, 0.15) is 5.76 Å². The minimum atomic E-state index is -0.273. The zero-order valence-corrected chi connectivity index (χ0v) is 16.9. The molecule has 0 unspecified atom stereocenters. The molecule has 0 atom stereocenters. The third-order valence-electron chi connectivity index (χ3n) is 4.66. The molecule has 2 heterocycles. The molecule has 2 aromatic carbocycles. The zero-order chi connectivity index (χ0) is 19.3. The van der Waals surface area contributed by atoms with Crippen LogP contribution in [0.5, 0.6) is 0 Å². The van der Waals surface area contributed by atoms with Crippen LogP contribution in [0.1, 0.15) is 16.1 Å². The van der Waals surface area contributed by atoms with Crippen molar-refractivity contribution in [1.82, 2.24) is 4.90 Å². The molecule has 1 fully saturated rings. The highest BCUT2D eigenvalue weighted by Crippen LogP contribution is 2.29. The van der Waals surface area contributed by atoms with Crippen molar-refractivity contribution in [2.24, 2.45) is 0 Å². The first-order valence-corrected chi connectivity index (χ1v) is 10.8. The van der Waals surface area contributed by atoms with Crippen LogP contribution in [0.4, 0.5) is 5.69 Å². The van der Waals surface area contributed by atoms with Gasteiger partial charge in [0.05, 0.1) is 5.02 Å². The lowest BCUT2D eigenvalue weighted by molar-refractivity contribution is 0.0997. The summed E-state index contributed by atoms with van der Waals surface area (Å²) in [5, 5.41) is 3.52. The molecule has 0 radical (unpaired) electrons. The molecule has 1 aromatic heterocycles. The van der Waals surface area contributed by atoms with Gasteiger partial charge in [0, 0.05) is 42.4 Å². The topological polar surface area (TPSA) is 45.5 Å². The number of rotatable bonds is 5. The lowest BCUT2D eigenvalue weighted by Crippen LogP contribution is -2.31. The summed E-state index contributed by atoms with van der Waals surface area (Å²) in [6.07, 6.45) is 0. The maximum Gasteiger partial charge on any atom is 0.291 e. The van der Waals surface area contributed by atoms with Crippen LogP contribution in [0.3, 0.4) is 0 Å². The molecule has 0 spiro atoms. The number of benzene rings is 2. The second-order valence-corrected chi connectivity index (χ2v) is 8.32. The van der Waals surface area contributed by atoms with E-state index in [1.165, 1.54) is 17.1 Å². The Hall–Kier alpha value is -2.21. The Bertz CT molecular complexity index is 966. The number of furan rings is 1. The largest absolute Gasteiger partial charge is 0.451 e. The van der Waals surface area contributed by atoms with Crippen LogP contribution in [-0.4, -0.2) is 35.4 Å². The molecule has 0 bridgehead atoms. The number of hydrogen-bond acceptors (Lipinski definition) is 4. The molecule has 4 nitrogen and oxygen atoms in total. The predicted molar refractivity (Wildman–Crippen MR) is 116 cm³/mol. The molecule has 3 aromatic rings. The molecular weight excluding hydrogens is 392 g/mol. The van der Waals surface area contributed by atoms with Crippen molar-refractivity contribution in [2.75, 3.05) is 29.9 Å². The summed E-state index contributed by atoms with van der Waals surface area (Å²) in [5.74, 6) is 2.93. The van der Waals surface area contributed by atoms with Crippen molar-refractivity contribution in [1.29, 1.82) is 0 Å². The van der Waals surface area contributed by atoms with Gasteiger partial charge >= 0.3 is 0 Å². The Labute approximate surface area is 173 Å². The van der Waals surface area contributed by atoms with Crippen LogP contribution in [0.15, 0.2) is 65.1 Å². The minimum absolute atomic E-state index is 0.258. The Kier molecular flexibility index (Phi) is 6.05. The van der Waals surface area contributed by atoms with E-state index in [1.807, 2.05) is 48.2 Å². The van der Waals surface area contributed by atoms with Gasteiger partial charge in [0.25, 0.3) is 5.91 Å². The molecule has 0 aliphatic carbocycles. The summed E-state index contributed by atoms with van der Waals surface area (Å²) in [7, 11) is 0. The van der Waals surface area contributed by atoms with Gasteiger partial charge in [-0.05, 0) is 42.0 Å². The molecule has 1 amide bonds. The number of nitrogens with one attached hydrogen (secondary N) is 1. The summed E-state index contributed by atoms with van der Waals surface area (Å²) in [6.45, 7) is 3.12. The van der Waals surface area contributed by atoms with E-state index in [2.05, 4.69) is 16.3 Å². The summed E-state index contributed by atoms with van der Waals surface area (Å²) < 4.78 is 5.73. The van der Waals surface area contributed by atoms with Crippen molar-refractivity contribution in [3.8, 4) is 11.3 Å². The molecule has 1 N–H and O–H groups in total. The van der Waals surface area contributed by atoms with Crippen molar-refractivity contribution in [2.45, 2.75) is 6.54 Å². The molecule has 28 heavy (non-hydrogen) atoms. The quantitative estimate of drug-likeness (QED) is 0.609.